The first-order valence-electron chi connectivity index (χ1n) is 5.02. The summed E-state index contributed by atoms with van der Waals surface area (Å²) in [5.74, 6) is 0. The van der Waals surface area contributed by atoms with E-state index >= 15 is 0 Å². The average Bonchev–Trinajstić information content (AvgIpc) is 2.51. The smallest absolute Gasteiger partial charge is 0.173 e. The molecule has 2 heteroatoms. The van der Waals surface area contributed by atoms with Crippen LogP contribution in [-0.2, 0) is 0 Å². The van der Waals surface area contributed by atoms with Crippen molar-refractivity contribution in [2.45, 2.75) is 39.5 Å². The summed E-state index contributed by atoms with van der Waals surface area (Å²) < 4.78 is 5.59. The fourth-order valence-corrected chi connectivity index (χ4v) is 1.92. The second-order valence-corrected chi connectivity index (χ2v) is 4.52. The van der Waals surface area contributed by atoms with Crippen LogP contribution in [0.25, 0.3) is 0 Å². The van der Waals surface area contributed by atoms with Crippen molar-refractivity contribution >= 4 is 11.3 Å². The molecule has 0 aliphatic rings. The van der Waals surface area contributed by atoms with Crippen LogP contribution >= 0.6 is 11.3 Å². The summed E-state index contributed by atoms with van der Waals surface area (Å²) in [4.78, 5) is 1.32. The van der Waals surface area contributed by atoms with E-state index in [1.54, 1.807) is 11.3 Å². The molecule has 0 aliphatic carbocycles. The van der Waals surface area contributed by atoms with E-state index in [-0.39, 0.29) is 0 Å². The Morgan fingerprint density at radius 1 is 1.23 bits per heavy atom. The molecule has 0 amide bonds. The molecule has 0 atom stereocenters. The number of hydrogen-bond acceptors (Lipinski definition) is 2. The van der Waals surface area contributed by atoms with Crippen molar-refractivity contribution in [1.82, 2.24) is 0 Å². The molecular weight excluding hydrogens is 180 g/mol. The molecule has 1 nitrogen and oxygen atoms in total. The minimum atomic E-state index is 0.875. The van der Waals surface area contributed by atoms with Gasteiger partial charge in [-0.15, -0.1) is 11.3 Å². The van der Waals surface area contributed by atoms with Crippen molar-refractivity contribution in [3.8, 4) is 5.06 Å². The molecule has 0 saturated heterocycles. The van der Waals surface area contributed by atoms with Crippen molar-refractivity contribution in [3.05, 3.63) is 17.0 Å². The Labute approximate surface area is 84.7 Å². The Bertz CT molecular complexity index is 230. The zero-order chi connectivity index (χ0) is 9.52. The van der Waals surface area contributed by atoms with Gasteiger partial charge in [0.25, 0.3) is 0 Å². The highest BCUT2D eigenvalue weighted by Crippen LogP contribution is 2.23. The van der Waals surface area contributed by atoms with Gasteiger partial charge in [0.1, 0.15) is 0 Å². The monoisotopic (exact) mass is 198 g/mol. The molecule has 0 aliphatic heterocycles. The molecule has 0 N–H and O–H groups in total. The van der Waals surface area contributed by atoms with Gasteiger partial charge in [0.05, 0.1) is 6.61 Å². The Morgan fingerprint density at radius 2 is 2.08 bits per heavy atom. The largest absolute Gasteiger partial charge is 0.484 e. The first-order valence-corrected chi connectivity index (χ1v) is 5.84. The Kier molecular flexibility index (Phi) is 4.91. The molecule has 0 saturated carbocycles. The number of ether oxygens (including phenoxy) is 1. The number of hydrogen-bond donors (Lipinski definition) is 0. The van der Waals surface area contributed by atoms with Gasteiger partial charge in [0, 0.05) is 4.88 Å². The molecule has 1 heterocycles. The summed E-state index contributed by atoms with van der Waals surface area (Å²) in [6.07, 6.45) is 5.09. The van der Waals surface area contributed by atoms with Crippen LogP contribution < -0.4 is 4.74 Å². The van der Waals surface area contributed by atoms with Gasteiger partial charge in [-0.1, -0.05) is 26.2 Å². The minimum absolute atomic E-state index is 0.875. The molecule has 0 unspecified atom stereocenters. The van der Waals surface area contributed by atoms with Crippen LogP contribution in [0.15, 0.2) is 12.1 Å². The average molecular weight is 198 g/mol. The normalized spacial score (nSPS) is 10.3. The van der Waals surface area contributed by atoms with Crippen LogP contribution in [0.3, 0.4) is 0 Å². The second kappa shape index (κ2) is 6.03. The number of rotatable bonds is 6. The fraction of sp³-hybridized carbons (Fsp3) is 0.636. The van der Waals surface area contributed by atoms with Crippen LogP contribution in [0.5, 0.6) is 5.06 Å². The van der Waals surface area contributed by atoms with Gasteiger partial charge in [-0.2, -0.15) is 0 Å². The molecule has 0 spiro atoms. The van der Waals surface area contributed by atoms with Crippen molar-refractivity contribution in [3.63, 3.8) is 0 Å². The van der Waals surface area contributed by atoms with Crippen molar-refractivity contribution in [2.75, 3.05) is 6.61 Å². The molecule has 0 radical (unpaired) electrons. The molecule has 1 rings (SSSR count). The Balaban J connectivity index is 2.06. The lowest BCUT2D eigenvalue weighted by molar-refractivity contribution is 0.313. The lowest BCUT2D eigenvalue weighted by atomic mass is 10.2. The van der Waals surface area contributed by atoms with E-state index in [4.69, 9.17) is 4.74 Å². The summed E-state index contributed by atoms with van der Waals surface area (Å²) >= 11 is 1.73. The van der Waals surface area contributed by atoms with Crippen LogP contribution in [0.1, 0.15) is 37.5 Å². The van der Waals surface area contributed by atoms with E-state index in [1.165, 1.54) is 30.6 Å². The SMILES string of the molecule is CCCCCCOc1ccc(C)s1. The van der Waals surface area contributed by atoms with Gasteiger partial charge in [0.15, 0.2) is 5.06 Å². The molecule has 13 heavy (non-hydrogen) atoms. The number of aryl methyl sites for hydroxylation is 1. The first-order chi connectivity index (χ1) is 6.33. The van der Waals surface area contributed by atoms with Gasteiger partial charge < -0.3 is 4.74 Å². The van der Waals surface area contributed by atoms with Crippen molar-refractivity contribution < 1.29 is 4.74 Å². The molecule has 0 bridgehead atoms. The third kappa shape index (κ3) is 4.32. The zero-order valence-corrected chi connectivity index (χ0v) is 9.32. The van der Waals surface area contributed by atoms with Crippen molar-refractivity contribution in [1.29, 1.82) is 0 Å². The van der Waals surface area contributed by atoms with Gasteiger partial charge in [-0.05, 0) is 25.5 Å². The summed E-state index contributed by atoms with van der Waals surface area (Å²) in [6, 6.07) is 4.16. The number of thiophene rings is 1. The molecule has 74 valence electrons. The van der Waals surface area contributed by atoms with Crippen LogP contribution in [-0.4, -0.2) is 6.61 Å². The van der Waals surface area contributed by atoms with E-state index in [9.17, 15) is 0 Å². The molecule has 0 fully saturated rings. The third-order valence-corrected chi connectivity index (χ3v) is 2.87. The first kappa shape index (κ1) is 10.6. The molecule has 1 aromatic heterocycles. The highest BCUT2D eigenvalue weighted by atomic mass is 32.1. The van der Waals surface area contributed by atoms with E-state index in [1.807, 2.05) is 0 Å². The maximum atomic E-state index is 5.59. The lowest BCUT2D eigenvalue weighted by Crippen LogP contribution is -1.94. The van der Waals surface area contributed by atoms with Gasteiger partial charge in [-0.25, -0.2) is 0 Å². The third-order valence-electron chi connectivity index (χ3n) is 1.96. The zero-order valence-electron chi connectivity index (χ0n) is 8.51. The highest BCUT2D eigenvalue weighted by Gasteiger charge is 1.96. The highest BCUT2D eigenvalue weighted by molar-refractivity contribution is 7.13. The molecule has 1 aromatic rings. The maximum absolute atomic E-state index is 5.59. The van der Waals surface area contributed by atoms with Gasteiger partial charge in [-0.3, -0.25) is 0 Å². The summed E-state index contributed by atoms with van der Waals surface area (Å²) in [5, 5.41) is 1.06. The lowest BCUT2D eigenvalue weighted by Gasteiger charge is -2.01. The maximum Gasteiger partial charge on any atom is 0.173 e. The van der Waals surface area contributed by atoms with E-state index in [2.05, 4.69) is 26.0 Å². The summed E-state index contributed by atoms with van der Waals surface area (Å²) in [5.41, 5.74) is 0. The predicted octanol–water partition coefficient (Wildman–Crippen LogP) is 4.02. The van der Waals surface area contributed by atoms with Gasteiger partial charge >= 0.3 is 0 Å². The summed E-state index contributed by atoms with van der Waals surface area (Å²) in [6.45, 7) is 5.21. The summed E-state index contributed by atoms with van der Waals surface area (Å²) in [7, 11) is 0. The van der Waals surface area contributed by atoms with Crippen molar-refractivity contribution in [2.24, 2.45) is 0 Å². The van der Waals surface area contributed by atoms with Crippen LogP contribution in [0.4, 0.5) is 0 Å². The van der Waals surface area contributed by atoms with Gasteiger partial charge in [0.2, 0.25) is 0 Å². The minimum Gasteiger partial charge on any atom is -0.484 e. The number of unbranched alkanes of at least 4 members (excludes halogenated alkanes) is 3. The topological polar surface area (TPSA) is 9.23 Å². The molecular formula is C11H18OS. The standard InChI is InChI=1S/C11H18OS/c1-3-4-5-6-9-12-11-8-7-10(2)13-11/h7-8H,3-6,9H2,1-2H3. The Morgan fingerprint density at radius 3 is 2.69 bits per heavy atom. The van der Waals surface area contributed by atoms with E-state index in [0.717, 1.165) is 11.7 Å². The predicted molar refractivity (Wildman–Crippen MR) is 58.7 cm³/mol. The van der Waals surface area contributed by atoms with Crippen LogP contribution in [0, 0.1) is 6.92 Å². The van der Waals surface area contributed by atoms with E-state index < -0.39 is 0 Å². The fourth-order valence-electron chi connectivity index (χ4n) is 1.19. The molecule has 0 aromatic carbocycles. The Hall–Kier alpha value is -0.500. The quantitative estimate of drug-likeness (QED) is 0.627. The van der Waals surface area contributed by atoms with E-state index in [0.29, 0.717) is 0 Å². The van der Waals surface area contributed by atoms with Crippen LogP contribution in [0.2, 0.25) is 0 Å². The second-order valence-electron chi connectivity index (χ2n) is 3.27.